The number of thiophene rings is 1. The van der Waals surface area contributed by atoms with Gasteiger partial charge in [-0.15, -0.1) is 11.3 Å². The molecular formula is C60H39N3S. The van der Waals surface area contributed by atoms with Crippen LogP contribution in [0.1, 0.15) is 13.3 Å². The van der Waals surface area contributed by atoms with Crippen LogP contribution in [0.25, 0.3) is 126 Å². The first-order valence-corrected chi connectivity index (χ1v) is 23.0. The van der Waals surface area contributed by atoms with Crippen molar-refractivity contribution in [1.82, 2.24) is 14.1 Å². The Kier molecular flexibility index (Phi) is 7.47. The van der Waals surface area contributed by atoms with E-state index in [2.05, 4.69) is 216 Å². The van der Waals surface area contributed by atoms with Gasteiger partial charge in [-0.2, -0.15) is 0 Å². The molecule has 9 aromatic carbocycles. The Labute approximate surface area is 372 Å². The molecule has 0 radical (unpaired) electrons. The normalized spacial score (nSPS) is 15.2. The summed E-state index contributed by atoms with van der Waals surface area (Å²) in [5.41, 5.74) is 10.4. The number of rotatable bonds is 4. The first-order valence-electron chi connectivity index (χ1n) is 22.2. The summed E-state index contributed by atoms with van der Waals surface area (Å²) in [4.78, 5) is 5.09. The van der Waals surface area contributed by atoms with Crippen LogP contribution in [0, 0.1) is 0 Å². The van der Waals surface area contributed by atoms with Crippen molar-refractivity contribution in [3.8, 4) is 28.1 Å². The number of hydrogen-bond donors (Lipinski definition) is 0. The second-order valence-electron chi connectivity index (χ2n) is 17.7. The van der Waals surface area contributed by atoms with Gasteiger partial charge in [0.05, 0.1) is 32.5 Å². The molecule has 0 amide bonds. The predicted molar refractivity (Wildman–Crippen MR) is 273 cm³/mol. The molecule has 13 aromatic rings. The Bertz CT molecular complexity index is 4170. The van der Waals surface area contributed by atoms with Crippen LogP contribution in [0.2, 0.25) is 0 Å². The average molecular weight is 834 g/mol. The Morgan fingerprint density at radius 1 is 0.453 bits per heavy atom. The molecule has 0 saturated heterocycles. The van der Waals surface area contributed by atoms with Gasteiger partial charge in [0.2, 0.25) is 0 Å². The second-order valence-corrected chi connectivity index (χ2v) is 18.7. The second kappa shape index (κ2) is 13.4. The zero-order valence-electron chi connectivity index (χ0n) is 35.1. The minimum Gasteiger partial charge on any atom is -0.331 e. The Morgan fingerprint density at radius 2 is 1.02 bits per heavy atom. The van der Waals surface area contributed by atoms with Gasteiger partial charge in [0, 0.05) is 54.4 Å². The number of para-hydroxylation sites is 3. The highest BCUT2D eigenvalue weighted by molar-refractivity contribution is 7.17. The summed E-state index contributed by atoms with van der Waals surface area (Å²) in [7, 11) is 0. The van der Waals surface area contributed by atoms with Gasteiger partial charge in [-0.25, -0.2) is 0 Å². The Morgan fingerprint density at radius 3 is 1.72 bits per heavy atom. The van der Waals surface area contributed by atoms with Crippen molar-refractivity contribution < 1.29 is 0 Å². The third-order valence-corrected chi connectivity index (χ3v) is 15.3. The minimum absolute atomic E-state index is 0.300. The summed E-state index contributed by atoms with van der Waals surface area (Å²) in [5.74, 6) is 0. The van der Waals surface area contributed by atoms with Crippen LogP contribution in [0.5, 0.6) is 0 Å². The molecule has 300 valence electrons. The lowest BCUT2D eigenvalue weighted by atomic mass is 9.91. The number of fused-ring (bicyclic) bond motifs is 15. The topological polar surface area (TPSA) is 22.8 Å². The Hall–Kier alpha value is -7.79. The fourth-order valence-corrected chi connectivity index (χ4v) is 12.4. The van der Waals surface area contributed by atoms with Crippen LogP contribution in [0.15, 0.2) is 194 Å². The van der Waals surface area contributed by atoms with Crippen molar-refractivity contribution in [3.63, 3.8) is 0 Å². The lowest BCUT2D eigenvalue weighted by Gasteiger charge is -2.31. The molecule has 64 heavy (non-hydrogen) atoms. The molecule has 0 spiro atoms. The van der Waals surface area contributed by atoms with E-state index in [9.17, 15) is 0 Å². The molecule has 3 nitrogen and oxygen atoms in total. The monoisotopic (exact) mass is 833 g/mol. The first kappa shape index (κ1) is 35.8. The molecule has 1 aliphatic carbocycles. The van der Waals surface area contributed by atoms with Crippen LogP contribution in [-0.4, -0.2) is 14.1 Å². The smallest absolute Gasteiger partial charge is 0.0880 e. The van der Waals surface area contributed by atoms with Crippen molar-refractivity contribution in [1.29, 1.82) is 0 Å². The molecular weight excluding hydrogens is 795 g/mol. The van der Waals surface area contributed by atoms with E-state index in [1.165, 1.54) is 113 Å². The number of nitrogens with zero attached hydrogens (tertiary/aromatic N) is 3. The first-order chi connectivity index (χ1) is 31.6. The van der Waals surface area contributed by atoms with Crippen LogP contribution < -0.4 is 9.75 Å². The van der Waals surface area contributed by atoms with Crippen molar-refractivity contribution in [2.75, 3.05) is 0 Å². The summed E-state index contributed by atoms with van der Waals surface area (Å²) in [6.45, 7) is 2.41. The van der Waals surface area contributed by atoms with E-state index in [4.69, 9.17) is 4.98 Å². The largest absolute Gasteiger partial charge is 0.331 e. The Balaban J connectivity index is 0.896. The molecule has 0 bridgehead atoms. The van der Waals surface area contributed by atoms with E-state index >= 15 is 0 Å². The lowest BCUT2D eigenvalue weighted by molar-refractivity contribution is 0.480. The number of hydrogen-bond acceptors (Lipinski definition) is 2. The van der Waals surface area contributed by atoms with Crippen molar-refractivity contribution in [2.45, 2.75) is 18.9 Å². The summed E-state index contributed by atoms with van der Waals surface area (Å²) < 4.78 is 7.57. The number of benzene rings is 9. The van der Waals surface area contributed by atoms with Crippen molar-refractivity contribution in [2.24, 2.45) is 0 Å². The zero-order chi connectivity index (χ0) is 42.1. The third kappa shape index (κ3) is 5.06. The van der Waals surface area contributed by atoms with Gasteiger partial charge in [-0.1, -0.05) is 140 Å². The molecule has 4 heteroatoms. The van der Waals surface area contributed by atoms with E-state index in [1.54, 1.807) is 0 Å². The van der Waals surface area contributed by atoms with Crippen LogP contribution in [0.3, 0.4) is 0 Å². The van der Waals surface area contributed by atoms with Gasteiger partial charge in [0.1, 0.15) is 0 Å². The lowest BCUT2D eigenvalue weighted by Crippen LogP contribution is -2.36. The van der Waals surface area contributed by atoms with Crippen LogP contribution >= 0.6 is 11.3 Å². The molecule has 1 atom stereocenters. The molecule has 4 aromatic heterocycles. The molecule has 0 saturated carbocycles. The fraction of sp³-hybridized carbons (Fsp3) is 0.0500. The number of aromatic nitrogens is 3. The maximum Gasteiger partial charge on any atom is 0.0880 e. The van der Waals surface area contributed by atoms with E-state index in [1.807, 2.05) is 17.5 Å². The zero-order valence-corrected chi connectivity index (χ0v) is 35.9. The van der Waals surface area contributed by atoms with E-state index in [0.29, 0.717) is 0 Å². The molecule has 4 heterocycles. The van der Waals surface area contributed by atoms with Crippen LogP contribution in [0.4, 0.5) is 0 Å². The van der Waals surface area contributed by atoms with Crippen molar-refractivity contribution >= 4 is 110 Å². The minimum atomic E-state index is -0.300. The van der Waals surface area contributed by atoms with E-state index in [-0.39, 0.29) is 5.54 Å². The quantitative estimate of drug-likeness (QED) is 0.162. The SMILES string of the molecule is CC1(n2c3ccccc3c3cc(-n4c5ccccc5c5ccccc54)ccc32)C=c2c(sc3c(-c4cccc(-c5ccc6c7ccccc7c7ccccc7c6c5)c4)nccc23)=CC1. The maximum absolute atomic E-state index is 5.09. The summed E-state index contributed by atoms with van der Waals surface area (Å²) >= 11 is 1.87. The predicted octanol–water partition coefficient (Wildman–Crippen LogP) is 14.7. The highest BCUT2D eigenvalue weighted by Crippen LogP contribution is 2.42. The van der Waals surface area contributed by atoms with Gasteiger partial charge < -0.3 is 9.13 Å². The third-order valence-electron chi connectivity index (χ3n) is 14.0. The van der Waals surface area contributed by atoms with Gasteiger partial charge >= 0.3 is 0 Å². The summed E-state index contributed by atoms with van der Waals surface area (Å²) in [5, 5.41) is 15.4. The van der Waals surface area contributed by atoms with Gasteiger partial charge in [-0.3, -0.25) is 4.98 Å². The summed E-state index contributed by atoms with van der Waals surface area (Å²) in [6, 6.07) is 69.3. The molecule has 0 fully saturated rings. The highest BCUT2D eigenvalue weighted by Gasteiger charge is 2.30. The standard InChI is InChI=1S/C60H39N3S/c1-60(63-55-24-11-8-21-48(55)51-35-40(26-28-56(51)63)62-53-22-9-6-19-46(53)47-20-7-10-23-54(47)62)31-29-57-52(36-60)49-30-32-61-58(59(49)64-57)39-14-12-13-37(33-39)38-25-27-45-43-17-3-2-15-41(43)42-16-4-5-18-44(42)50(45)34-38/h2-30,32-36H,31H2,1H3. The van der Waals surface area contributed by atoms with Gasteiger partial charge in [-0.05, 0) is 123 Å². The molecule has 0 aliphatic heterocycles. The average Bonchev–Trinajstić information content (AvgIpc) is 4.01. The summed E-state index contributed by atoms with van der Waals surface area (Å²) in [6.07, 6.45) is 7.90. The van der Waals surface area contributed by atoms with Gasteiger partial charge in [0.15, 0.2) is 0 Å². The fourth-order valence-electron chi connectivity index (χ4n) is 11.2. The molecule has 1 unspecified atom stereocenters. The van der Waals surface area contributed by atoms with Gasteiger partial charge in [0.25, 0.3) is 0 Å². The van der Waals surface area contributed by atoms with E-state index in [0.717, 1.165) is 17.7 Å². The molecule has 1 aliphatic rings. The molecule has 0 N–H and O–H groups in total. The van der Waals surface area contributed by atoms with Crippen molar-refractivity contribution in [3.05, 3.63) is 204 Å². The van der Waals surface area contributed by atoms with E-state index < -0.39 is 0 Å². The van der Waals surface area contributed by atoms with Crippen LogP contribution in [-0.2, 0) is 5.54 Å². The molecule has 14 rings (SSSR count). The highest BCUT2D eigenvalue weighted by atomic mass is 32.1. The number of pyridine rings is 1. The maximum atomic E-state index is 5.09.